The molecule has 2 aliphatic heterocycles. The van der Waals surface area contributed by atoms with E-state index in [0.29, 0.717) is 23.8 Å². The lowest BCUT2D eigenvalue weighted by molar-refractivity contribution is 0.0486. The van der Waals surface area contributed by atoms with E-state index in [9.17, 15) is 4.39 Å². The minimum absolute atomic E-state index is 0.149. The van der Waals surface area contributed by atoms with Gasteiger partial charge < -0.3 is 9.47 Å². The summed E-state index contributed by atoms with van der Waals surface area (Å²) in [6.45, 7) is 0.807. The van der Waals surface area contributed by atoms with Crippen LogP contribution in [0, 0.1) is 11.7 Å². The number of halogens is 2. The molecule has 5 heteroatoms. The van der Waals surface area contributed by atoms with Gasteiger partial charge in [-0.15, -0.1) is 0 Å². The van der Waals surface area contributed by atoms with Crippen molar-refractivity contribution >= 4 is 15.9 Å². The molecule has 116 valence electrons. The molecule has 2 fully saturated rings. The molecule has 2 saturated heterocycles. The van der Waals surface area contributed by atoms with E-state index in [-0.39, 0.29) is 11.9 Å². The molecule has 21 heavy (non-hydrogen) atoms. The molecule has 2 bridgehead atoms. The molecule has 2 aliphatic rings. The number of benzene rings is 1. The maximum atomic E-state index is 13.4. The standard InChI is InChI=1S/C16H21BrFNO2/c1-19-12-5-10(9-20-2)15(19)8-13(7-12)21-16-6-11(18)3-4-14(16)17/h3-4,6,10,12-13,15H,5,7-9H2,1-2H3. The van der Waals surface area contributed by atoms with Gasteiger partial charge in [-0.1, -0.05) is 0 Å². The van der Waals surface area contributed by atoms with Crippen molar-refractivity contribution in [2.24, 2.45) is 5.92 Å². The number of fused-ring (bicyclic) bond motifs is 2. The van der Waals surface area contributed by atoms with Gasteiger partial charge in [0.05, 0.1) is 11.1 Å². The summed E-state index contributed by atoms with van der Waals surface area (Å²) in [5.41, 5.74) is 0. The second-order valence-electron chi connectivity index (χ2n) is 6.12. The van der Waals surface area contributed by atoms with E-state index in [1.165, 1.54) is 18.6 Å². The first kappa shape index (κ1) is 15.3. The number of nitrogens with zero attached hydrogens (tertiary/aromatic N) is 1. The molecule has 3 nitrogen and oxygen atoms in total. The summed E-state index contributed by atoms with van der Waals surface area (Å²) in [5, 5.41) is 0. The second-order valence-corrected chi connectivity index (χ2v) is 6.98. The molecule has 3 rings (SSSR count). The van der Waals surface area contributed by atoms with E-state index in [2.05, 4.69) is 27.9 Å². The van der Waals surface area contributed by atoms with Crippen molar-refractivity contribution < 1.29 is 13.9 Å². The predicted octanol–water partition coefficient (Wildman–Crippen LogP) is 3.46. The van der Waals surface area contributed by atoms with Gasteiger partial charge >= 0.3 is 0 Å². The van der Waals surface area contributed by atoms with Gasteiger partial charge in [0.15, 0.2) is 0 Å². The van der Waals surface area contributed by atoms with Crippen molar-refractivity contribution in [2.75, 3.05) is 20.8 Å². The third-order valence-corrected chi connectivity index (χ3v) is 5.48. The topological polar surface area (TPSA) is 21.7 Å². The van der Waals surface area contributed by atoms with Gasteiger partial charge in [0.25, 0.3) is 0 Å². The molecule has 1 aromatic carbocycles. The molecule has 0 spiro atoms. The van der Waals surface area contributed by atoms with Gasteiger partial charge in [-0.3, -0.25) is 4.90 Å². The van der Waals surface area contributed by atoms with E-state index >= 15 is 0 Å². The summed E-state index contributed by atoms with van der Waals surface area (Å²) in [6.07, 6.45) is 3.29. The molecule has 0 radical (unpaired) electrons. The van der Waals surface area contributed by atoms with Crippen LogP contribution in [0.1, 0.15) is 19.3 Å². The Balaban J connectivity index is 1.70. The molecule has 0 aliphatic carbocycles. The molecule has 0 aromatic heterocycles. The van der Waals surface area contributed by atoms with Crippen LogP contribution in [0.5, 0.6) is 5.75 Å². The lowest BCUT2D eigenvalue weighted by atomic mass is 9.97. The van der Waals surface area contributed by atoms with Crippen LogP contribution in [0.3, 0.4) is 0 Å². The highest BCUT2D eigenvalue weighted by Gasteiger charge is 2.45. The second kappa shape index (κ2) is 6.23. The van der Waals surface area contributed by atoms with Crippen molar-refractivity contribution in [3.05, 3.63) is 28.5 Å². The maximum absolute atomic E-state index is 13.4. The first-order chi connectivity index (χ1) is 10.1. The summed E-state index contributed by atoms with van der Waals surface area (Å²) in [6, 6.07) is 5.63. The zero-order chi connectivity index (χ0) is 15.0. The van der Waals surface area contributed by atoms with E-state index in [1.807, 2.05) is 0 Å². The Labute approximate surface area is 133 Å². The number of hydrogen-bond acceptors (Lipinski definition) is 3. The van der Waals surface area contributed by atoms with Gasteiger partial charge in [0, 0.05) is 31.7 Å². The zero-order valence-electron chi connectivity index (χ0n) is 12.4. The number of rotatable bonds is 4. The summed E-state index contributed by atoms with van der Waals surface area (Å²) >= 11 is 3.43. The van der Waals surface area contributed by atoms with Crippen molar-refractivity contribution in [3.63, 3.8) is 0 Å². The van der Waals surface area contributed by atoms with Crippen LogP contribution in [-0.4, -0.2) is 43.9 Å². The lowest BCUT2D eigenvalue weighted by Crippen LogP contribution is -2.45. The van der Waals surface area contributed by atoms with Crippen LogP contribution in [0.4, 0.5) is 4.39 Å². The fourth-order valence-electron chi connectivity index (χ4n) is 3.80. The van der Waals surface area contributed by atoms with Crippen molar-refractivity contribution in [2.45, 2.75) is 37.5 Å². The Morgan fingerprint density at radius 2 is 2.14 bits per heavy atom. The SMILES string of the molecule is COCC1CC2CC(Oc3cc(F)ccc3Br)CC1N2C. The average molecular weight is 358 g/mol. The van der Waals surface area contributed by atoms with E-state index in [4.69, 9.17) is 9.47 Å². The summed E-state index contributed by atoms with van der Waals surface area (Å²) < 4.78 is 25.6. The Morgan fingerprint density at radius 1 is 1.33 bits per heavy atom. The van der Waals surface area contributed by atoms with E-state index in [1.54, 1.807) is 13.2 Å². The fraction of sp³-hybridized carbons (Fsp3) is 0.625. The van der Waals surface area contributed by atoms with Gasteiger partial charge in [0.1, 0.15) is 17.7 Å². The van der Waals surface area contributed by atoms with Crippen LogP contribution >= 0.6 is 15.9 Å². The smallest absolute Gasteiger partial charge is 0.136 e. The molecule has 0 amide bonds. The Bertz CT molecular complexity index is 513. The largest absolute Gasteiger partial charge is 0.489 e. The van der Waals surface area contributed by atoms with Crippen molar-refractivity contribution in [3.8, 4) is 5.75 Å². The van der Waals surface area contributed by atoms with E-state index < -0.39 is 0 Å². The van der Waals surface area contributed by atoms with Crippen LogP contribution in [0.2, 0.25) is 0 Å². The highest BCUT2D eigenvalue weighted by molar-refractivity contribution is 9.10. The highest BCUT2D eigenvalue weighted by atomic mass is 79.9. The third kappa shape index (κ3) is 3.10. The highest BCUT2D eigenvalue weighted by Crippen LogP contribution is 2.40. The monoisotopic (exact) mass is 357 g/mol. The molecule has 2 heterocycles. The van der Waals surface area contributed by atoms with Crippen molar-refractivity contribution in [1.29, 1.82) is 0 Å². The van der Waals surface area contributed by atoms with Crippen LogP contribution in [0.25, 0.3) is 0 Å². The molecule has 0 N–H and O–H groups in total. The summed E-state index contributed by atoms with van der Waals surface area (Å²) in [4.78, 5) is 2.46. The number of piperidine rings is 1. The predicted molar refractivity (Wildman–Crippen MR) is 83.1 cm³/mol. The molecular weight excluding hydrogens is 337 g/mol. The number of hydrogen-bond donors (Lipinski definition) is 0. The van der Waals surface area contributed by atoms with Crippen LogP contribution in [0.15, 0.2) is 22.7 Å². The van der Waals surface area contributed by atoms with Crippen LogP contribution in [-0.2, 0) is 4.74 Å². The molecule has 0 saturated carbocycles. The minimum Gasteiger partial charge on any atom is -0.489 e. The fourth-order valence-corrected chi connectivity index (χ4v) is 4.14. The lowest BCUT2D eigenvalue weighted by Gasteiger charge is -2.37. The molecule has 1 aromatic rings. The first-order valence-electron chi connectivity index (χ1n) is 7.41. The number of methoxy groups -OCH3 is 1. The van der Waals surface area contributed by atoms with Gasteiger partial charge in [-0.2, -0.15) is 0 Å². The molecule has 4 unspecified atom stereocenters. The Hall–Kier alpha value is -0.650. The van der Waals surface area contributed by atoms with E-state index in [0.717, 1.165) is 23.9 Å². The molecule has 4 atom stereocenters. The Morgan fingerprint density at radius 3 is 2.90 bits per heavy atom. The third-order valence-electron chi connectivity index (χ3n) is 4.83. The van der Waals surface area contributed by atoms with Crippen LogP contribution < -0.4 is 4.74 Å². The molecular formula is C16H21BrFNO2. The number of ether oxygens (including phenoxy) is 2. The average Bonchev–Trinajstić information content (AvgIpc) is 2.63. The minimum atomic E-state index is -0.263. The summed E-state index contributed by atoms with van der Waals surface area (Å²) in [5.74, 6) is 0.920. The van der Waals surface area contributed by atoms with Gasteiger partial charge in [0.2, 0.25) is 0 Å². The normalized spacial score (nSPS) is 32.4. The van der Waals surface area contributed by atoms with Gasteiger partial charge in [-0.25, -0.2) is 4.39 Å². The summed E-state index contributed by atoms with van der Waals surface area (Å²) in [7, 11) is 3.96. The maximum Gasteiger partial charge on any atom is 0.136 e. The zero-order valence-corrected chi connectivity index (χ0v) is 14.0. The van der Waals surface area contributed by atoms with Crippen molar-refractivity contribution in [1.82, 2.24) is 4.90 Å². The first-order valence-corrected chi connectivity index (χ1v) is 8.20. The Kier molecular flexibility index (Phi) is 4.52. The van der Waals surface area contributed by atoms with Gasteiger partial charge in [-0.05, 0) is 53.9 Å². The quantitative estimate of drug-likeness (QED) is 0.823.